The maximum atomic E-state index is 4.69. The predicted octanol–water partition coefficient (Wildman–Crippen LogP) is 10.3. The van der Waals surface area contributed by atoms with Crippen LogP contribution in [0.15, 0.2) is 158 Å². The summed E-state index contributed by atoms with van der Waals surface area (Å²) in [6, 6.07) is 52.3. The summed E-state index contributed by atoms with van der Waals surface area (Å²) in [5.74, 6) is 0.934. The first-order valence-corrected chi connectivity index (χ1v) is 14.0. The number of hydrogen-bond donors (Lipinski definition) is 0. The van der Waals surface area contributed by atoms with Gasteiger partial charge in [-0.1, -0.05) is 127 Å². The third kappa shape index (κ3) is 3.92. The van der Waals surface area contributed by atoms with E-state index >= 15 is 0 Å². The number of benzene rings is 7. The van der Waals surface area contributed by atoms with Gasteiger partial charge in [-0.3, -0.25) is 4.57 Å². The molecule has 7 aromatic carbocycles. The summed E-state index contributed by atoms with van der Waals surface area (Å²) in [5, 5.41) is 7.56. The summed E-state index contributed by atoms with van der Waals surface area (Å²) in [6.45, 7) is 0. The van der Waals surface area contributed by atoms with Crippen molar-refractivity contribution in [3.8, 4) is 39.3 Å². The Labute approximate surface area is 238 Å². The van der Waals surface area contributed by atoms with E-state index in [0.29, 0.717) is 0 Å². The molecule has 2 nitrogen and oxygen atoms in total. The Hall–Kier alpha value is -5.47. The van der Waals surface area contributed by atoms with E-state index in [-0.39, 0.29) is 0 Å². The van der Waals surface area contributed by atoms with Crippen molar-refractivity contribution < 1.29 is 0 Å². The van der Waals surface area contributed by atoms with Crippen LogP contribution in [0.3, 0.4) is 0 Å². The van der Waals surface area contributed by atoms with Crippen molar-refractivity contribution in [2.45, 2.75) is 0 Å². The molecule has 1 heterocycles. The lowest BCUT2D eigenvalue weighted by molar-refractivity contribution is 1.07. The molecule has 0 saturated heterocycles. The average molecular weight is 523 g/mol. The van der Waals surface area contributed by atoms with Crippen molar-refractivity contribution in [2.75, 3.05) is 0 Å². The summed E-state index contributed by atoms with van der Waals surface area (Å²) < 4.78 is 2.14. The van der Waals surface area contributed by atoms with Gasteiger partial charge in [-0.15, -0.1) is 0 Å². The molecular formula is C39H26N2. The number of fused-ring (bicyclic) bond motifs is 3. The van der Waals surface area contributed by atoms with E-state index in [1.165, 1.54) is 54.6 Å². The molecule has 0 saturated carbocycles. The van der Waals surface area contributed by atoms with E-state index in [1.807, 2.05) is 18.5 Å². The Kier molecular flexibility index (Phi) is 5.49. The van der Waals surface area contributed by atoms with E-state index in [0.717, 1.165) is 17.1 Å². The van der Waals surface area contributed by atoms with Crippen LogP contribution in [0.4, 0.5) is 0 Å². The highest BCUT2D eigenvalue weighted by molar-refractivity contribution is 6.21. The molecule has 8 aromatic rings. The van der Waals surface area contributed by atoms with Crippen molar-refractivity contribution in [3.63, 3.8) is 0 Å². The standard InChI is InChI=1S/C39H26N2/c1-2-12-32(13-3-1)41-25-24-40-39(41)29-21-19-28(20-22-29)37-33-14-6-8-16-35(33)38(36-17-9-7-15-34(36)37)31-23-18-27-10-4-5-11-30(27)26-31/h1-26H. The summed E-state index contributed by atoms with van der Waals surface area (Å²) in [7, 11) is 0. The van der Waals surface area contributed by atoms with Gasteiger partial charge in [-0.25, -0.2) is 4.98 Å². The van der Waals surface area contributed by atoms with E-state index in [2.05, 4.69) is 144 Å². The monoisotopic (exact) mass is 522 g/mol. The van der Waals surface area contributed by atoms with Gasteiger partial charge < -0.3 is 0 Å². The van der Waals surface area contributed by atoms with Gasteiger partial charge in [0.2, 0.25) is 0 Å². The highest BCUT2D eigenvalue weighted by atomic mass is 15.1. The highest BCUT2D eigenvalue weighted by Crippen LogP contribution is 2.44. The van der Waals surface area contributed by atoms with Crippen molar-refractivity contribution in [3.05, 3.63) is 158 Å². The van der Waals surface area contributed by atoms with Gasteiger partial charge in [0.1, 0.15) is 5.82 Å². The Morgan fingerprint density at radius 2 is 0.927 bits per heavy atom. The summed E-state index contributed by atoms with van der Waals surface area (Å²) in [5.41, 5.74) is 7.18. The summed E-state index contributed by atoms with van der Waals surface area (Å²) >= 11 is 0. The topological polar surface area (TPSA) is 17.8 Å². The number of nitrogens with zero attached hydrogens (tertiary/aromatic N) is 2. The van der Waals surface area contributed by atoms with Crippen molar-refractivity contribution >= 4 is 32.3 Å². The van der Waals surface area contributed by atoms with Gasteiger partial charge >= 0.3 is 0 Å². The van der Waals surface area contributed by atoms with Gasteiger partial charge in [0.15, 0.2) is 0 Å². The zero-order chi connectivity index (χ0) is 27.2. The van der Waals surface area contributed by atoms with Gasteiger partial charge in [0.05, 0.1) is 0 Å². The molecule has 192 valence electrons. The Morgan fingerprint density at radius 3 is 1.59 bits per heavy atom. The maximum Gasteiger partial charge on any atom is 0.144 e. The molecule has 0 fully saturated rings. The average Bonchev–Trinajstić information content (AvgIpc) is 3.54. The molecule has 2 heteroatoms. The summed E-state index contributed by atoms with van der Waals surface area (Å²) in [6.07, 6.45) is 3.88. The van der Waals surface area contributed by atoms with Gasteiger partial charge in [-0.2, -0.15) is 0 Å². The first-order valence-electron chi connectivity index (χ1n) is 14.0. The predicted molar refractivity (Wildman–Crippen MR) is 172 cm³/mol. The maximum absolute atomic E-state index is 4.69. The number of aromatic nitrogens is 2. The first-order chi connectivity index (χ1) is 20.3. The minimum absolute atomic E-state index is 0.934. The molecule has 0 amide bonds. The van der Waals surface area contributed by atoms with Crippen LogP contribution >= 0.6 is 0 Å². The molecule has 0 radical (unpaired) electrons. The molecule has 0 aliphatic rings. The highest BCUT2D eigenvalue weighted by Gasteiger charge is 2.17. The minimum atomic E-state index is 0.934. The molecule has 8 rings (SSSR count). The van der Waals surface area contributed by atoms with Crippen molar-refractivity contribution in [1.82, 2.24) is 9.55 Å². The van der Waals surface area contributed by atoms with Crippen LogP contribution in [0.2, 0.25) is 0 Å². The lowest BCUT2D eigenvalue weighted by atomic mass is 9.85. The van der Waals surface area contributed by atoms with E-state index in [1.54, 1.807) is 0 Å². The molecule has 0 atom stereocenters. The second kappa shape index (κ2) is 9.62. The number of hydrogen-bond acceptors (Lipinski definition) is 1. The number of rotatable bonds is 4. The van der Waals surface area contributed by atoms with Crippen LogP contribution in [0.1, 0.15) is 0 Å². The molecule has 0 N–H and O–H groups in total. The SMILES string of the molecule is c1ccc(-n2ccnc2-c2ccc(-c3c4ccccc4c(-c4ccc5ccccc5c4)c4ccccc34)cc2)cc1. The van der Waals surface area contributed by atoms with E-state index in [4.69, 9.17) is 4.98 Å². The fraction of sp³-hybridized carbons (Fsp3) is 0. The fourth-order valence-electron chi connectivity index (χ4n) is 6.20. The third-order valence-electron chi connectivity index (χ3n) is 8.08. The van der Waals surface area contributed by atoms with Crippen LogP contribution in [0.25, 0.3) is 71.6 Å². The molecule has 41 heavy (non-hydrogen) atoms. The number of para-hydroxylation sites is 1. The largest absolute Gasteiger partial charge is 0.300 e. The quantitative estimate of drug-likeness (QED) is 0.210. The third-order valence-corrected chi connectivity index (χ3v) is 8.08. The lowest BCUT2D eigenvalue weighted by Gasteiger charge is -2.18. The van der Waals surface area contributed by atoms with Crippen LogP contribution in [-0.2, 0) is 0 Å². The van der Waals surface area contributed by atoms with E-state index < -0.39 is 0 Å². The second-order valence-corrected chi connectivity index (χ2v) is 10.4. The van der Waals surface area contributed by atoms with Crippen molar-refractivity contribution in [2.24, 2.45) is 0 Å². The van der Waals surface area contributed by atoms with E-state index in [9.17, 15) is 0 Å². The minimum Gasteiger partial charge on any atom is -0.300 e. The van der Waals surface area contributed by atoms with Crippen LogP contribution in [0, 0.1) is 0 Å². The molecular weight excluding hydrogens is 496 g/mol. The molecule has 0 aliphatic heterocycles. The van der Waals surface area contributed by atoms with Crippen LogP contribution in [-0.4, -0.2) is 9.55 Å². The fourth-order valence-corrected chi connectivity index (χ4v) is 6.20. The molecule has 0 spiro atoms. The Bertz CT molecular complexity index is 2130. The zero-order valence-electron chi connectivity index (χ0n) is 22.4. The Balaban J connectivity index is 1.32. The Morgan fingerprint density at radius 1 is 0.415 bits per heavy atom. The van der Waals surface area contributed by atoms with Crippen molar-refractivity contribution in [1.29, 1.82) is 0 Å². The molecule has 0 aliphatic carbocycles. The first kappa shape index (κ1) is 23.4. The van der Waals surface area contributed by atoms with Crippen LogP contribution < -0.4 is 0 Å². The summed E-state index contributed by atoms with van der Waals surface area (Å²) in [4.78, 5) is 4.69. The molecule has 0 unspecified atom stereocenters. The smallest absolute Gasteiger partial charge is 0.144 e. The molecule has 0 bridgehead atoms. The zero-order valence-corrected chi connectivity index (χ0v) is 22.4. The van der Waals surface area contributed by atoms with Gasteiger partial charge in [-0.05, 0) is 72.8 Å². The molecule has 1 aromatic heterocycles. The lowest BCUT2D eigenvalue weighted by Crippen LogP contribution is -1.96. The van der Waals surface area contributed by atoms with Gasteiger partial charge in [0, 0.05) is 23.6 Å². The number of imidazole rings is 1. The van der Waals surface area contributed by atoms with Crippen LogP contribution in [0.5, 0.6) is 0 Å². The van der Waals surface area contributed by atoms with Gasteiger partial charge in [0.25, 0.3) is 0 Å². The second-order valence-electron chi connectivity index (χ2n) is 10.4. The normalized spacial score (nSPS) is 11.4.